The Hall–Kier alpha value is -2.06. The summed E-state index contributed by atoms with van der Waals surface area (Å²) in [6.07, 6.45) is -4.69. The molecule has 2 rings (SSSR count). The molecule has 1 heterocycles. The fourth-order valence-corrected chi connectivity index (χ4v) is 3.18. The van der Waals surface area contributed by atoms with Crippen LogP contribution in [0, 0.1) is 0 Å². The summed E-state index contributed by atoms with van der Waals surface area (Å²) in [7, 11) is 0. The Morgan fingerprint density at radius 3 is 2.35 bits per heavy atom. The number of Topliss-reactive ketones (excluding diaryl/α,β-unsaturated/α-hetero) is 1. The number of ketones is 1. The van der Waals surface area contributed by atoms with E-state index < -0.39 is 12.4 Å². The van der Waals surface area contributed by atoms with E-state index in [1.807, 2.05) is 0 Å². The molecule has 1 atom stereocenters. The average Bonchev–Trinajstić information content (AvgIpc) is 2.98. The molecule has 0 aliphatic rings. The molecule has 26 heavy (non-hydrogen) atoms. The van der Waals surface area contributed by atoms with Crippen molar-refractivity contribution in [3.8, 4) is 5.75 Å². The molecule has 9 heteroatoms. The van der Waals surface area contributed by atoms with Crippen LogP contribution in [0.1, 0.15) is 41.0 Å². The van der Waals surface area contributed by atoms with E-state index >= 15 is 0 Å². The number of rotatable bonds is 7. The third-order valence-corrected chi connectivity index (χ3v) is 4.69. The van der Waals surface area contributed by atoms with Crippen molar-refractivity contribution in [2.24, 2.45) is 0 Å². The molecule has 140 valence electrons. The van der Waals surface area contributed by atoms with Gasteiger partial charge >= 0.3 is 6.36 Å². The molecule has 2 aromatic rings. The van der Waals surface area contributed by atoms with Crippen molar-refractivity contribution in [2.45, 2.75) is 32.2 Å². The highest BCUT2D eigenvalue weighted by Gasteiger charge is 2.31. The normalized spacial score (nSPS) is 12.5. The molecule has 0 radical (unpaired) electrons. The van der Waals surface area contributed by atoms with Gasteiger partial charge in [0.15, 0.2) is 5.78 Å². The molecule has 0 spiro atoms. The molecular formula is C17H15ClF3NO3S. The van der Waals surface area contributed by atoms with Crippen molar-refractivity contribution < 1.29 is 27.5 Å². The van der Waals surface area contributed by atoms with Crippen LogP contribution in [0.3, 0.4) is 0 Å². The average molecular weight is 406 g/mol. The van der Waals surface area contributed by atoms with Crippen LogP contribution in [0.2, 0.25) is 4.34 Å². The lowest BCUT2D eigenvalue weighted by Crippen LogP contribution is -2.27. The number of ether oxygens (including phenoxy) is 1. The smallest absolute Gasteiger partial charge is 0.406 e. The van der Waals surface area contributed by atoms with Gasteiger partial charge in [-0.2, -0.15) is 0 Å². The second kappa shape index (κ2) is 8.55. The summed E-state index contributed by atoms with van der Waals surface area (Å²) in [6.45, 7) is 1.69. The number of carbonyl (C=O) groups is 2. The number of amides is 1. The Morgan fingerprint density at radius 1 is 1.15 bits per heavy atom. The third-order valence-electron chi connectivity index (χ3n) is 3.42. The minimum atomic E-state index is -4.75. The van der Waals surface area contributed by atoms with Crippen LogP contribution in [-0.2, 0) is 4.79 Å². The fourth-order valence-electron chi connectivity index (χ4n) is 2.17. The van der Waals surface area contributed by atoms with Crippen LogP contribution in [-0.4, -0.2) is 18.1 Å². The maximum absolute atomic E-state index is 12.1. The summed E-state index contributed by atoms with van der Waals surface area (Å²) in [5.41, 5.74) is 0.615. The number of thiophene rings is 1. The van der Waals surface area contributed by atoms with Crippen molar-refractivity contribution in [1.82, 2.24) is 5.32 Å². The fraction of sp³-hybridized carbons (Fsp3) is 0.294. The van der Waals surface area contributed by atoms with Gasteiger partial charge in [-0.3, -0.25) is 9.59 Å². The molecule has 1 aromatic carbocycles. The Kier molecular flexibility index (Phi) is 6.66. The van der Waals surface area contributed by atoms with Gasteiger partial charge in [0.05, 0.1) is 15.3 Å². The van der Waals surface area contributed by atoms with Crippen LogP contribution in [0.25, 0.3) is 0 Å². The number of benzene rings is 1. The second-order valence-corrected chi connectivity index (χ2v) is 7.15. The molecule has 4 nitrogen and oxygen atoms in total. The largest absolute Gasteiger partial charge is 0.573 e. The number of alkyl halides is 3. The summed E-state index contributed by atoms with van der Waals surface area (Å²) < 4.78 is 40.7. The predicted octanol–water partition coefficient (Wildman–Crippen LogP) is 5.14. The molecule has 1 N–H and O–H groups in total. The zero-order valence-electron chi connectivity index (χ0n) is 13.6. The van der Waals surface area contributed by atoms with E-state index in [4.69, 9.17) is 11.6 Å². The van der Waals surface area contributed by atoms with Crippen molar-refractivity contribution in [3.05, 3.63) is 51.2 Å². The molecule has 0 aliphatic carbocycles. The molecule has 0 saturated carbocycles. The van der Waals surface area contributed by atoms with Gasteiger partial charge in [-0.15, -0.1) is 24.5 Å². The Bertz CT molecular complexity index is 774. The number of halogens is 4. The second-order valence-electron chi connectivity index (χ2n) is 5.43. The first-order chi connectivity index (χ1) is 12.1. The maximum Gasteiger partial charge on any atom is 0.573 e. The highest BCUT2D eigenvalue weighted by Crippen LogP contribution is 2.25. The van der Waals surface area contributed by atoms with Gasteiger partial charge in [0.25, 0.3) is 0 Å². The first-order valence-electron chi connectivity index (χ1n) is 7.57. The van der Waals surface area contributed by atoms with Crippen LogP contribution in [0.4, 0.5) is 13.2 Å². The minimum Gasteiger partial charge on any atom is -0.406 e. The Morgan fingerprint density at radius 2 is 1.81 bits per heavy atom. The summed E-state index contributed by atoms with van der Waals surface area (Å²) >= 11 is 6.92. The van der Waals surface area contributed by atoms with Gasteiger partial charge in [0.2, 0.25) is 5.91 Å². The summed E-state index contributed by atoms with van der Waals surface area (Å²) in [5, 5.41) is 2.70. The van der Waals surface area contributed by atoms with Gasteiger partial charge in [-0.05, 0) is 36.8 Å². The van der Waals surface area contributed by atoms with Gasteiger partial charge in [-0.25, -0.2) is 0 Å². The Balaban J connectivity index is 1.83. The third kappa shape index (κ3) is 6.34. The van der Waals surface area contributed by atoms with Gasteiger partial charge in [0.1, 0.15) is 5.75 Å². The van der Waals surface area contributed by atoms with Gasteiger partial charge in [0, 0.05) is 12.8 Å². The van der Waals surface area contributed by atoms with Crippen molar-refractivity contribution in [3.63, 3.8) is 0 Å². The summed E-state index contributed by atoms with van der Waals surface area (Å²) in [5.74, 6) is -0.831. The molecule has 1 amide bonds. The van der Waals surface area contributed by atoms with Crippen LogP contribution in [0.15, 0.2) is 36.4 Å². The first kappa shape index (κ1) is 20.3. The number of hydrogen-bond donors (Lipinski definition) is 1. The van der Waals surface area contributed by atoms with Crippen LogP contribution >= 0.6 is 22.9 Å². The van der Waals surface area contributed by atoms with Crippen LogP contribution in [0.5, 0.6) is 5.75 Å². The lowest BCUT2D eigenvalue weighted by Gasteiger charge is -2.15. The lowest BCUT2D eigenvalue weighted by molar-refractivity contribution is -0.274. The van der Waals surface area contributed by atoms with E-state index in [0.29, 0.717) is 14.8 Å². The van der Waals surface area contributed by atoms with E-state index in [9.17, 15) is 22.8 Å². The van der Waals surface area contributed by atoms with Crippen LogP contribution < -0.4 is 10.1 Å². The summed E-state index contributed by atoms with van der Waals surface area (Å²) in [6, 6.07) is 8.03. The Labute approximate surface area is 156 Å². The topological polar surface area (TPSA) is 55.4 Å². The van der Waals surface area contributed by atoms with Crippen molar-refractivity contribution in [1.29, 1.82) is 0 Å². The van der Waals surface area contributed by atoms with E-state index in [1.54, 1.807) is 19.1 Å². The zero-order chi connectivity index (χ0) is 19.3. The van der Waals surface area contributed by atoms with Gasteiger partial charge < -0.3 is 10.1 Å². The zero-order valence-corrected chi connectivity index (χ0v) is 15.2. The molecule has 0 fully saturated rings. The van der Waals surface area contributed by atoms with Gasteiger partial charge in [-0.1, -0.05) is 23.7 Å². The summed E-state index contributed by atoms with van der Waals surface area (Å²) in [4.78, 5) is 24.4. The molecule has 1 aromatic heterocycles. The quantitative estimate of drug-likeness (QED) is 0.649. The van der Waals surface area contributed by atoms with E-state index in [2.05, 4.69) is 10.1 Å². The molecule has 1 unspecified atom stereocenters. The molecule has 0 saturated heterocycles. The molecule has 0 bridgehead atoms. The monoisotopic (exact) mass is 405 g/mol. The lowest BCUT2D eigenvalue weighted by atomic mass is 10.1. The standard InChI is InChI=1S/C17H15ClF3NO3S/c1-10(11-2-4-12(5-3-11)25-17(19,20)21)22-16(24)9-6-13(23)14-7-8-15(18)26-14/h2-5,7-8,10H,6,9H2,1H3,(H,22,24). The predicted molar refractivity (Wildman–Crippen MR) is 92.6 cm³/mol. The highest BCUT2D eigenvalue weighted by molar-refractivity contribution is 7.18. The number of hydrogen-bond acceptors (Lipinski definition) is 4. The van der Waals surface area contributed by atoms with E-state index in [1.165, 1.54) is 24.3 Å². The first-order valence-corrected chi connectivity index (χ1v) is 8.77. The van der Waals surface area contributed by atoms with Crippen molar-refractivity contribution >= 4 is 34.6 Å². The maximum atomic E-state index is 12.1. The molecular weight excluding hydrogens is 391 g/mol. The van der Waals surface area contributed by atoms with E-state index in [-0.39, 0.29) is 30.3 Å². The van der Waals surface area contributed by atoms with E-state index in [0.717, 1.165) is 11.3 Å². The minimum absolute atomic E-state index is 0.00790. The van der Waals surface area contributed by atoms with Crippen molar-refractivity contribution in [2.75, 3.05) is 0 Å². The molecule has 0 aliphatic heterocycles. The number of nitrogens with one attached hydrogen (secondary N) is 1. The SMILES string of the molecule is CC(NC(=O)CCC(=O)c1ccc(Cl)s1)c1ccc(OC(F)(F)F)cc1. The highest BCUT2D eigenvalue weighted by atomic mass is 35.5. The number of carbonyl (C=O) groups excluding carboxylic acids is 2.